The predicted molar refractivity (Wildman–Crippen MR) is 127 cm³/mol. The van der Waals surface area contributed by atoms with Gasteiger partial charge in [0.15, 0.2) is 0 Å². The minimum Gasteiger partial charge on any atom is -0.475 e. The molecule has 3 N–H and O–H groups in total. The SMILES string of the molecule is O=C(NCc1ccccc1)C1(c2ccc(NS(=O)(=O)c3ccc(F)cc3)cc2)CC1.O=C(O)C(F)(F)F. The molecule has 1 aliphatic rings. The number of aliphatic carboxylic acids is 1. The summed E-state index contributed by atoms with van der Waals surface area (Å²) in [4.78, 5) is 21.6. The Kier molecular flexibility index (Phi) is 8.22. The van der Waals surface area contributed by atoms with E-state index in [-0.39, 0.29) is 10.8 Å². The molecule has 0 spiro atoms. The van der Waals surface area contributed by atoms with Gasteiger partial charge >= 0.3 is 12.1 Å². The van der Waals surface area contributed by atoms with Crippen LogP contribution in [-0.4, -0.2) is 31.6 Å². The molecule has 1 aliphatic carbocycles. The third-order valence-electron chi connectivity index (χ3n) is 5.54. The van der Waals surface area contributed by atoms with E-state index in [2.05, 4.69) is 10.0 Å². The molecule has 0 saturated heterocycles. The molecule has 0 radical (unpaired) electrons. The number of hydrogen-bond acceptors (Lipinski definition) is 4. The minimum absolute atomic E-state index is 0.0214. The van der Waals surface area contributed by atoms with Crippen LogP contribution in [0.25, 0.3) is 0 Å². The molecule has 1 saturated carbocycles. The molecule has 7 nitrogen and oxygen atoms in total. The van der Waals surface area contributed by atoms with Gasteiger partial charge in [-0.2, -0.15) is 13.2 Å². The maximum Gasteiger partial charge on any atom is 0.490 e. The monoisotopic (exact) mass is 538 g/mol. The molecular formula is C25H22F4N2O5S. The van der Waals surface area contributed by atoms with Crippen LogP contribution in [0.4, 0.5) is 23.2 Å². The first-order valence-electron chi connectivity index (χ1n) is 10.8. The molecule has 1 amide bonds. The van der Waals surface area contributed by atoms with E-state index < -0.39 is 33.4 Å². The van der Waals surface area contributed by atoms with E-state index in [4.69, 9.17) is 9.90 Å². The number of halogens is 4. The third-order valence-corrected chi connectivity index (χ3v) is 6.93. The van der Waals surface area contributed by atoms with Crippen LogP contribution in [-0.2, 0) is 31.6 Å². The van der Waals surface area contributed by atoms with E-state index in [1.807, 2.05) is 30.3 Å². The molecule has 3 aromatic rings. The number of nitrogens with one attached hydrogen (secondary N) is 2. The van der Waals surface area contributed by atoms with E-state index in [9.17, 15) is 30.8 Å². The largest absolute Gasteiger partial charge is 0.490 e. The molecule has 0 unspecified atom stereocenters. The standard InChI is InChI=1S/C23H21FN2O3S.C2HF3O2/c24-19-8-12-21(13-9-19)30(28,29)26-20-10-6-18(7-11-20)23(14-15-23)22(27)25-16-17-4-2-1-3-5-17;3-2(4,5)1(6)7/h1-13,26H,14-16H2,(H,25,27);(H,6,7). The average molecular weight is 539 g/mol. The van der Waals surface area contributed by atoms with Crippen molar-refractivity contribution in [2.24, 2.45) is 0 Å². The number of rotatable bonds is 7. The smallest absolute Gasteiger partial charge is 0.475 e. The zero-order chi connectivity index (χ0) is 27.3. The number of carboxylic acid groups (broad SMARTS) is 1. The van der Waals surface area contributed by atoms with Crippen molar-refractivity contribution in [1.29, 1.82) is 0 Å². The Balaban J connectivity index is 0.000000479. The summed E-state index contributed by atoms with van der Waals surface area (Å²) < 4.78 is 72.1. The summed E-state index contributed by atoms with van der Waals surface area (Å²) in [6.07, 6.45) is -3.57. The maximum absolute atomic E-state index is 13.0. The highest BCUT2D eigenvalue weighted by atomic mass is 32.2. The Labute approximate surface area is 210 Å². The van der Waals surface area contributed by atoms with Gasteiger partial charge in [0.05, 0.1) is 10.3 Å². The van der Waals surface area contributed by atoms with Crippen molar-refractivity contribution in [1.82, 2.24) is 5.32 Å². The Morgan fingerprint density at radius 3 is 1.92 bits per heavy atom. The van der Waals surface area contributed by atoms with Gasteiger partial charge in [0.1, 0.15) is 5.82 Å². The molecule has 0 bridgehead atoms. The molecule has 0 heterocycles. The van der Waals surface area contributed by atoms with Gasteiger partial charge in [0.2, 0.25) is 5.91 Å². The second-order valence-electron chi connectivity index (χ2n) is 8.19. The lowest BCUT2D eigenvalue weighted by atomic mass is 9.94. The lowest BCUT2D eigenvalue weighted by molar-refractivity contribution is -0.192. The molecule has 3 aromatic carbocycles. The van der Waals surface area contributed by atoms with Crippen molar-refractivity contribution in [3.05, 3.63) is 95.8 Å². The van der Waals surface area contributed by atoms with E-state index in [0.29, 0.717) is 12.2 Å². The second-order valence-corrected chi connectivity index (χ2v) is 9.87. The quantitative estimate of drug-likeness (QED) is 0.381. The Bertz CT molecular complexity index is 1340. The number of carboxylic acids is 1. The Hall–Kier alpha value is -3.93. The first-order valence-corrected chi connectivity index (χ1v) is 12.3. The fraction of sp³-hybridized carbons (Fsp3) is 0.200. The highest BCUT2D eigenvalue weighted by Gasteiger charge is 2.51. The lowest BCUT2D eigenvalue weighted by Crippen LogP contribution is -2.34. The van der Waals surface area contributed by atoms with Crippen molar-refractivity contribution in [3.63, 3.8) is 0 Å². The number of anilines is 1. The number of sulfonamides is 1. The first-order chi connectivity index (χ1) is 17.3. The number of hydrogen-bond donors (Lipinski definition) is 3. The number of alkyl halides is 3. The summed E-state index contributed by atoms with van der Waals surface area (Å²) in [5, 5.41) is 10.1. The summed E-state index contributed by atoms with van der Waals surface area (Å²) >= 11 is 0. The van der Waals surface area contributed by atoms with E-state index >= 15 is 0 Å². The van der Waals surface area contributed by atoms with Crippen LogP contribution >= 0.6 is 0 Å². The summed E-state index contributed by atoms with van der Waals surface area (Å²) in [7, 11) is -3.81. The third kappa shape index (κ3) is 7.29. The zero-order valence-electron chi connectivity index (χ0n) is 19.1. The predicted octanol–water partition coefficient (Wildman–Crippen LogP) is 4.61. The topological polar surface area (TPSA) is 113 Å². The van der Waals surface area contributed by atoms with Gasteiger partial charge < -0.3 is 10.4 Å². The average Bonchev–Trinajstić information content (AvgIpc) is 3.66. The van der Waals surface area contributed by atoms with Crippen LogP contribution < -0.4 is 10.0 Å². The van der Waals surface area contributed by atoms with Gasteiger partial charge in [-0.1, -0.05) is 42.5 Å². The molecule has 0 aliphatic heterocycles. The van der Waals surface area contributed by atoms with Crippen molar-refractivity contribution < 1.29 is 40.7 Å². The molecule has 0 atom stereocenters. The highest BCUT2D eigenvalue weighted by Crippen LogP contribution is 2.48. The summed E-state index contributed by atoms with van der Waals surface area (Å²) in [6, 6.07) is 21.2. The maximum atomic E-state index is 13.0. The van der Waals surface area contributed by atoms with Crippen molar-refractivity contribution in [3.8, 4) is 0 Å². The molecule has 196 valence electrons. The Morgan fingerprint density at radius 2 is 1.43 bits per heavy atom. The van der Waals surface area contributed by atoms with Crippen molar-refractivity contribution in [2.45, 2.75) is 35.9 Å². The van der Waals surface area contributed by atoms with Gasteiger partial charge in [-0.3, -0.25) is 9.52 Å². The molecule has 12 heteroatoms. The van der Waals surface area contributed by atoms with Crippen LogP contribution in [0.1, 0.15) is 24.0 Å². The molecule has 4 rings (SSSR count). The van der Waals surface area contributed by atoms with E-state index in [1.165, 1.54) is 12.1 Å². The number of carbonyl (C=O) groups excluding carboxylic acids is 1. The van der Waals surface area contributed by atoms with Gasteiger partial charge in [-0.05, 0) is 60.4 Å². The van der Waals surface area contributed by atoms with E-state index in [0.717, 1.165) is 36.1 Å². The van der Waals surface area contributed by atoms with Gasteiger partial charge in [-0.15, -0.1) is 0 Å². The molecule has 0 aromatic heterocycles. The van der Waals surface area contributed by atoms with Gasteiger partial charge in [-0.25, -0.2) is 17.6 Å². The molecule has 1 fully saturated rings. The van der Waals surface area contributed by atoms with Crippen molar-refractivity contribution in [2.75, 3.05) is 4.72 Å². The Morgan fingerprint density at radius 1 is 0.892 bits per heavy atom. The number of carbonyl (C=O) groups is 2. The summed E-state index contributed by atoms with van der Waals surface area (Å²) in [5.41, 5.74) is 1.72. The van der Waals surface area contributed by atoms with Crippen LogP contribution in [0.15, 0.2) is 83.8 Å². The number of benzene rings is 3. The number of amides is 1. The lowest BCUT2D eigenvalue weighted by Gasteiger charge is -2.17. The summed E-state index contributed by atoms with van der Waals surface area (Å²) in [6.45, 7) is 0.469. The van der Waals surface area contributed by atoms with Crippen LogP contribution in [0.2, 0.25) is 0 Å². The van der Waals surface area contributed by atoms with Crippen molar-refractivity contribution >= 4 is 27.6 Å². The fourth-order valence-electron chi connectivity index (χ4n) is 3.40. The highest BCUT2D eigenvalue weighted by molar-refractivity contribution is 7.92. The first kappa shape index (κ1) is 27.7. The molecular weight excluding hydrogens is 516 g/mol. The normalized spacial score (nSPS) is 14.1. The zero-order valence-corrected chi connectivity index (χ0v) is 19.9. The van der Waals surface area contributed by atoms with Crippen LogP contribution in [0, 0.1) is 5.82 Å². The summed E-state index contributed by atoms with van der Waals surface area (Å²) in [5.74, 6) is -3.28. The second kappa shape index (κ2) is 11.0. The van der Waals surface area contributed by atoms with Crippen LogP contribution in [0.5, 0.6) is 0 Å². The van der Waals surface area contributed by atoms with Crippen LogP contribution in [0.3, 0.4) is 0 Å². The van der Waals surface area contributed by atoms with Gasteiger partial charge in [0.25, 0.3) is 10.0 Å². The van der Waals surface area contributed by atoms with E-state index in [1.54, 1.807) is 24.3 Å². The van der Waals surface area contributed by atoms with Gasteiger partial charge in [0, 0.05) is 12.2 Å². The minimum atomic E-state index is -5.08. The fourth-order valence-corrected chi connectivity index (χ4v) is 4.46. The molecule has 37 heavy (non-hydrogen) atoms.